The van der Waals surface area contributed by atoms with Gasteiger partial charge in [-0.1, -0.05) is 18.2 Å². The zero-order valence-corrected chi connectivity index (χ0v) is 11.3. The van der Waals surface area contributed by atoms with Crippen LogP contribution in [0.15, 0.2) is 34.2 Å². The summed E-state index contributed by atoms with van der Waals surface area (Å²) >= 11 is 1.84. The van der Waals surface area contributed by atoms with E-state index in [4.69, 9.17) is 5.73 Å². The normalized spacial score (nSPS) is 29.6. The maximum absolute atomic E-state index is 12.2. The lowest BCUT2D eigenvalue weighted by Crippen LogP contribution is -2.54. The highest BCUT2D eigenvalue weighted by atomic mass is 32.2. The summed E-state index contributed by atoms with van der Waals surface area (Å²) in [5.74, 6) is 1.46. The monoisotopic (exact) mass is 273 g/mol. The number of rotatable bonds is 1. The number of fused-ring (bicyclic) bond motifs is 2. The third kappa shape index (κ3) is 1.42. The van der Waals surface area contributed by atoms with Crippen molar-refractivity contribution >= 4 is 23.6 Å². The minimum absolute atomic E-state index is 0.151. The molecule has 0 aromatic heterocycles. The van der Waals surface area contributed by atoms with Gasteiger partial charge >= 0.3 is 6.03 Å². The number of amides is 2. The first-order valence-electron chi connectivity index (χ1n) is 6.64. The van der Waals surface area contributed by atoms with Crippen LogP contribution in [0.2, 0.25) is 0 Å². The summed E-state index contributed by atoms with van der Waals surface area (Å²) in [6.07, 6.45) is 3.02. The first-order valence-corrected chi connectivity index (χ1v) is 7.62. The van der Waals surface area contributed by atoms with Crippen LogP contribution in [0.4, 0.5) is 4.79 Å². The lowest BCUT2D eigenvalue weighted by Gasteiger charge is -2.42. The summed E-state index contributed by atoms with van der Waals surface area (Å²) in [7, 11) is 0. The van der Waals surface area contributed by atoms with Crippen LogP contribution in [-0.2, 0) is 5.54 Å². The molecule has 0 radical (unpaired) electrons. The van der Waals surface area contributed by atoms with Crippen molar-refractivity contribution in [1.82, 2.24) is 4.90 Å². The fraction of sp³-hybridized carbons (Fsp3) is 0.429. The Morgan fingerprint density at radius 1 is 1.37 bits per heavy atom. The lowest BCUT2D eigenvalue weighted by atomic mass is 9.84. The Balaban J connectivity index is 1.93. The highest BCUT2D eigenvalue weighted by Gasteiger charge is 2.56. The number of carbonyl (C=O) groups excluding carboxylic acids is 1. The standard InChI is InChI=1S/C14H15N3OS/c15-12-14(17(9-5-6-9)13(18)16-12)7-8-19-11-4-2-1-3-10(11)14/h1-4,9H,5-8H2,(H2,15,16,18). The van der Waals surface area contributed by atoms with E-state index in [2.05, 4.69) is 17.1 Å². The maximum Gasteiger partial charge on any atom is 0.346 e. The SMILES string of the molecule is NC1=NC(=O)N(C2CC2)C12CCSc1ccccc12. The largest absolute Gasteiger partial charge is 0.385 e. The predicted octanol–water partition coefficient (Wildman–Crippen LogP) is 2.33. The average Bonchev–Trinajstić information content (AvgIpc) is 3.20. The number of urea groups is 1. The van der Waals surface area contributed by atoms with E-state index in [1.165, 1.54) is 4.90 Å². The van der Waals surface area contributed by atoms with Gasteiger partial charge in [0.1, 0.15) is 11.4 Å². The van der Waals surface area contributed by atoms with Gasteiger partial charge in [-0.25, -0.2) is 4.79 Å². The van der Waals surface area contributed by atoms with Crippen molar-refractivity contribution in [2.75, 3.05) is 5.75 Å². The van der Waals surface area contributed by atoms with E-state index in [1.54, 1.807) is 0 Å². The van der Waals surface area contributed by atoms with Crippen LogP contribution in [-0.4, -0.2) is 28.6 Å². The lowest BCUT2D eigenvalue weighted by molar-refractivity contribution is 0.160. The summed E-state index contributed by atoms with van der Waals surface area (Å²) in [5, 5.41) is 0. The van der Waals surface area contributed by atoms with Crippen molar-refractivity contribution in [3.8, 4) is 0 Å². The Kier molecular flexibility index (Phi) is 2.24. The van der Waals surface area contributed by atoms with Gasteiger partial charge in [-0.15, -0.1) is 11.8 Å². The van der Waals surface area contributed by atoms with Gasteiger partial charge in [0.2, 0.25) is 0 Å². The molecule has 2 aliphatic heterocycles. The average molecular weight is 273 g/mol. The molecule has 1 atom stereocenters. The molecular weight excluding hydrogens is 258 g/mol. The number of carbonyl (C=O) groups is 1. The minimum Gasteiger partial charge on any atom is -0.385 e. The molecule has 19 heavy (non-hydrogen) atoms. The number of benzene rings is 1. The Labute approximate surface area is 116 Å². The molecule has 5 heteroatoms. The number of amidine groups is 1. The smallest absolute Gasteiger partial charge is 0.346 e. The quantitative estimate of drug-likeness (QED) is 0.854. The zero-order valence-electron chi connectivity index (χ0n) is 10.5. The van der Waals surface area contributed by atoms with Gasteiger partial charge in [0.25, 0.3) is 0 Å². The number of nitrogens with zero attached hydrogens (tertiary/aromatic N) is 2. The van der Waals surface area contributed by atoms with E-state index in [0.29, 0.717) is 11.9 Å². The van der Waals surface area contributed by atoms with E-state index in [1.807, 2.05) is 28.8 Å². The van der Waals surface area contributed by atoms with Crippen LogP contribution < -0.4 is 5.73 Å². The van der Waals surface area contributed by atoms with Crippen LogP contribution in [0.3, 0.4) is 0 Å². The van der Waals surface area contributed by atoms with Crippen molar-refractivity contribution < 1.29 is 4.79 Å². The molecule has 1 unspecified atom stereocenters. The van der Waals surface area contributed by atoms with Gasteiger partial charge < -0.3 is 10.6 Å². The summed E-state index contributed by atoms with van der Waals surface area (Å²) in [6, 6.07) is 8.44. The molecule has 1 saturated carbocycles. The Morgan fingerprint density at radius 3 is 2.95 bits per heavy atom. The molecule has 2 amide bonds. The Morgan fingerprint density at radius 2 is 2.16 bits per heavy atom. The highest BCUT2D eigenvalue weighted by Crippen LogP contribution is 2.50. The molecule has 98 valence electrons. The second kappa shape index (κ2) is 3.76. The van der Waals surface area contributed by atoms with Gasteiger partial charge in [0, 0.05) is 16.7 Å². The third-order valence-corrected chi connectivity index (χ3v) is 5.30. The van der Waals surface area contributed by atoms with Crippen molar-refractivity contribution in [2.24, 2.45) is 10.7 Å². The Bertz CT molecular complexity index is 596. The molecule has 1 fully saturated rings. The minimum atomic E-state index is -0.472. The van der Waals surface area contributed by atoms with E-state index in [9.17, 15) is 4.79 Å². The number of hydrogen-bond acceptors (Lipinski definition) is 3. The van der Waals surface area contributed by atoms with Gasteiger partial charge in [0.15, 0.2) is 0 Å². The Hall–Kier alpha value is -1.49. The first-order chi connectivity index (χ1) is 9.23. The molecule has 2 N–H and O–H groups in total. The molecule has 4 rings (SSSR count). The maximum atomic E-state index is 12.2. The third-order valence-electron chi connectivity index (χ3n) is 4.22. The molecular formula is C14H15N3OS. The molecule has 1 aromatic rings. The van der Waals surface area contributed by atoms with Gasteiger partial charge in [-0.05, 0) is 30.9 Å². The van der Waals surface area contributed by atoms with Crippen molar-refractivity contribution in [3.63, 3.8) is 0 Å². The van der Waals surface area contributed by atoms with E-state index in [-0.39, 0.29) is 6.03 Å². The predicted molar refractivity (Wildman–Crippen MR) is 75.3 cm³/mol. The van der Waals surface area contributed by atoms with Gasteiger partial charge in [-0.3, -0.25) is 0 Å². The molecule has 2 heterocycles. The zero-order chi connectivity index (χ0) is 13.0. The summed E-state index contributed by atoms with van der Waals surface area (Å²) in [4.78, 5) is 19.5. The van der Waals surface area contributed by atoms with Gasteiger partial charge in [-0.2, -0.15) is 4.99 Å². The molecule has 0 saturated heterocycles. The van der Waals surface area contributed by atoms with E-state index in [0.717, 1.165) is 30.6 Å². The van der Waals surface area contributed by atoms with Crippen LogP contribution in [0.1, 0.15) is 24.8 Å². The topological polar surface area (TPSA) is 58.7 Å². The molecule has 4 nitrogen and oxygen atoms in total. The molecule has 0 bridgehead atoms. The second-order valence-corrected chi connectivity index (χ2v) is 6.47. The van der Waals surface area contributed by atoms with Gasteiger partial charge in [0.05, 0.1) is 0 Å². The fourth-order valence-electron chi connectivity index (χ4n) is 3.23. The van der Waals surface area contributed by atoms with Crippen LogP contribution in [0.5, 0.6) is 0 Å². The number of nitrogens with two attached hydrogens (primary N) is 1. The van der Waals surface area contributed by atoms with Crippen LogP contribution in [0.25, 0.3) is 0 Å². The number of aliphatic imine (C=N–C) groups is 1. The number of hydrogen-bond donors (Lipinski definition) is 1. The summed E-state index contributed by atoms with van der Waals surface area (Å²) in [5.41, 5.74) is 6.87. The molecule has 1 aromatic carbocycles. The molecule has 3 aliphatic rings. The molecule has 1 spiro atoms. The van der Waals surface area contributed by atoms with E-state index < -0.39 is 5.54 Å². The summed E-state index contributed by atoms with van der Waals surface area (Å²) in [6.45, 7) is 0. The van der Waals surface area contributed by atoms with Crippen molar-refractivity contribution in [2.45, 2.75) is 35.7 Å². The number of thioether (sulfide) groups is 1. The van der Waals surface area contributed by atoms with Crippen molar-refractivity contribution in [3.05, 3.63) is 29.8 Å². The van der Waals surface area contributed by atoms with E-state index >= 15 is 0 Å². The molecule has 1 aliphatic carbocycles. The highest BCUT2D eigenvalue weighted by molar-refractivity contribution is 7.99. The fourth-order valence-corrected chi connectivity index (χ4v) is 4.42. The van der Waals surface area contributed by atoms with Crippen LogP contribution >= 0.6 is 11.8 Å². The van der Waals surface area contributed by atoms with Crippen molar-refractivity contribution in [1.29, 1.82) is 0 Å². The first kappa shape index (κ1) is 11.3. The van der Waals surface area contributed by atoms with Crippen LogP contribution in [0, 0.1) is 0 Å². The second-order valence-electron chi connectivity index (χ2n) is 5.34. The summed E-state index contributed by atoms with van der Waals surface area (Å²) < 4.78 is 0.